The molecule has 0 radical (unpaired) electrons. The molecule has 0 heterocycles. The molecule has 0 fully saturated rings. The van der Waals surface area contributed by atoms with E-state index in [1.165, 1.54) is 0 Å². The second-order valence-electron chi connectivity index (χ2n) is 4.98. The van der Waals surface area contributed by atoms with Gasteiger partial charge >= 0.3 is 29.6 Å². The monoisotopic (exact) mass is 456 g/mol. The molecule has 0 saturated heterocycles. The van der Waals surface area contributed by atoms with Crippen molar-refractivity contribution in [2.45, 2.75) is 59.3 Å². The molecule has 0 aromatic rings. The van der Waals surface area contributed by atoms with Crippen LogP contribution in [0.5, 0.6) is 0 Å². The summed E-state index contributed by atoms with van der Waals surface area (Å²) in [5.74, 6) is 0. The van der Waals surface area contributed by atoms with Gasteiger partial charge in [0.2, 0.25) is 0 Å². The Labute approximate surface area is 174 Å². The van der Waals surface area contributed by atoms with Crippen LogP contribution >= 0.6 is 9.47 Å². The average Bonchev–Trinajstić information content (AvgIpc) is 2.63. The van der Waals surface area contributed by atoms with Gasteiger partial charge in [-0.05, 0) is 28.7 Å². The summed E-state index contributed by atoms with van der Waals surface area (Å²) in [6.45, 7) is 6.80. The number of rotatable bonds is 13. The van der Waals surface area contributed by atoms with Gasteiger partial charge in [0.15, 0.2) is 0 Å². The van der Waals surface area contributed by atoms with E-state index < -0.39 is 29.6 Å². The molecule has 4 N–H and O–H groups in total. The Kier molecular flexibility index (Phi) is 41.2. The molecule has 0 rings (SSSR count). The maximum absolute atomic E-state index is 11.4. The lowest BCUT2D eigenvalue weighted by Crippen LogP contribution is -2.11. The topological polar surface area (TPSA) is 118 Å². The third kappa shape index (κ3) is 65.5. The quantitative estimate of drug-likeness (QED) is 0.144. The highest BCUT2D eigenvalue weighted by Crippen LogP contribution is 1.90. The molecule has 17 heteroatoms. The van der Waals surface area contributed by atoms with Gasteiger partial charge in [-0.15, -0.1) is 0 Å². The van der Waals surface area contributed by atoms with Crippen molar-refractivity contribution in [2.75, 3.05) is 19.8 Å². The average molecular weight is 456 g/mol. The van der Waals surface area contributed by atoms with E-state index in [2.05, 4.69) is 18.4 Å². The minimum absolute atomic E-state index is 0.300. The molecule has 0 bridgehead atoms. The first-order valence-electron chi connectivity index (χ1n) is 9.07. The van der Waals surface area contributed by atoms with E-state index in [4.69, 9.17) is 20.1 Å². The minimum Gasteiger partial charge on any atom is -0.398 e. The molecule has 0 aliphatic rings. The molecular weight excluding hydrogens is 422 g/mol. The number of hydrogen-bond donors (Lipinski definition) is 4. The molecule has 29 heavy (non-hydrogen) atoms. The van der Waals surface area contributed by atoms with Crippen LogP contribution in [0.2, 0.25) is 0 Å². The Balaban J connectivity index is -0.000000146. The van der Waals surface area contributed by atoms with E-state index in [9.17, 15) is 17.3 Å². The normalized spacial score (nSPS) is 9.10. The lowest BCUT2D eigenvalue weighted by atomic mass is 10.3. The van der Waals surface area contributed by atoms with E-state index in [0.717, 1.165) is 38.5 Å². The number of halogens is 4. The summed E-state index contributed by atoms with van der Waals surface area (Å²) in [6, 6.07) is 0. The lowest BCUT2D eigenvalue weighted by molar-refractivity contribution is 0.216. The number of hydrogen-bond acceptors (Lipinski definition) is 8. The molecule has 0 aromatic heterocycles. The van der Waals surface area contributed by atoms with Gasteiger partial charge in [0.1, 0.15) is 0 Å². The summed E-state index contributed by atoms with van der Waals surface area (Å²) in [4.78, 5) is 0. The van der Waals surface area contributed by atoms with Crippen LogP contribution in [0.25, 0.3) is 0 Å². The van der Waals surface area contributed by atoms with Crippen LogP contribution in [0, 0.1) is 0 Å². The summed E-state index contributed by atoms with van der Waals surface area (Å²) in [6.07, 6.45) is 5.23. The van der Waals surface area contributed by atoms with Gasteiger partial charge < -0.3 is 38.5 Å². The zero-order valence-electron chi connectivity index (χ0n) is 17.2. The van der Waals surface area contributed by atoms with Crippen LogP contribution in [-0.4, -0.2) is 69.5 Å². The van der Waals surface area contributed by atoms with Gasteiger partial charge in [-0.1, -0.05) is 40.0 Å². The highest BCUT2D eigenvalue weighted by atomic mass is 31.0. The predicted molar refractivity (Wildman–Crippen MR) is 110 cm³/mol. The largest absolute Gasteiger partial charge is 0.680 e. The van der Waals surface area contributed by atoms with E-state index in [1.807, 2.05) is 20.8 Å². The molecule has 0 saturated carbocycles. The van der Waals surface area contributed by atoms with Crippen molar-refractivity contribution in [3.8, 4) is 0 Å². The summed E-state index contributed by atoms with van der Waals surface area (Å²) in [5, 5.41) is 31.1. The Morgan fingerprint density at radius 1 is 0.586 bits per heavy atom. The van der Waals surface area contributed by atoms with Gasteiger partial charge in [0, 0.05) is 19.8 Å². The zero-order valence-corrected chi connectivity index (χ0v) is 18.3. The Bertz CT molecular complexity index is 249. The van der Waals surface area contributed by atoms with Crippen molar-refractivity contribution < 1.29 is 55.8 Å². The number of unbranched alkanes of at least 4 members (excludes halogenated alkanes) is 3. The van der Waals surface area contributed by atoms with Crippen molar-refractivity contribution in [2.24, 2.45) is 0 Å². The van der Waals surface area contributed by atoms with Crippen LogP contribution in [0.3, 0.4) is 0 Å². The van der Waals surface area contributed by atoms with E-state index in [1.54, 1.807) is 9.47 Å². The van der Waals surface area contributed by atoms with Crippen molar-refractivity contribution in [1.82, 2.24) is 0 Å². The SMILES string of the molecule is CCCCOB(O)F.CCCCOB(O)F.CCCCOB(O)F.OB(F)OP. The van der Waals surface area contributed by atoms with Gasteiger partial charge in [0.25, 0.3) is 0 Å². The Hall–Kier alpha value is 0.0897. The summed E-state index contributed by atoms with van der Waals surface area (Å²) < 4.78 is 60.9. The highest BCUT2D eigenvalue weighted by Gasteiger charge is 2.10. The van der Waals surface area contributed by atoms with E-state index in [-0.39, 0.29) is 0 Å². The standard InChI is InChI=1S/3C4H10BFO2.BFH3O2P/c3*1-2-3-4-8-5(6)7;2-1(3)4-5/h3*7H,2-4H2,1H3;3H,5H2. The molecule has 1 atom stereocenters. The first-order chi connectivity index (χ1) is 13.6. The van der Waals surface area contributed by atoms with Gasteiger partial charge in [0.05, 0.1) is 0 Å². The van der Waals surface area contributed by atoms with Crippen molar-refractivity contribution in [1.29, 1.82) is 0 Å². The summed E-state index contributed by atoms with van der Waals surface area (Å²) in [7, 11) is -6.87. The van der Waals surface area contributed by atoms with Crippen LogP contribution in [0.4, 0.5) is 17.3 Å². The third-order valence-corrected chi connectivity index (χ3v) is 2.60. The fraction of sp³-hybridized carbons (Fsp3) is 1.00. The molecule has 0 spiro atoms. The molecule has 0 aliphatic carbocycles. The summed E-state index contributed by atoms with van der Waals surface area (Å²) >= 11 is 0. The fourth-order valence-electron chi connectivity index (χ4n) is 0.975. The molecule has 8 nitrogen and oxygen atoms in total. The molecule has 0 aliphatic heterocycles. The Morgan fingerprint density at radius 3 is 0.897 bits per heavy atom. The molecule has 0 aromatic carbocycles. The Morgan fingerprint density at radius 2 is 0.793 bits per heavy atom. The van der Waals surface area contributed by atoms with Gasteiger partial charge in [-0.2, -0.15) is 0 Å². The van der Waals surface area contributed by atoms with Crippen LogP contribution in [0.15, 0.2) is 0 Å². The maximum Gasteiger partial charge on any atom is 0.680 e. The minimum atomic E-state index is -2.15. The van der Waals surface area contributed by atoms with E-state index >= 15 is 0 Å². The molecule has 0 amide bonds. The van der Waals surface area contributed by atoms with Crippen LogP contribution in [0.1, 0.15) is 59.3 Å². The molecule has 1 unspecified atom stereocenters. The van der Waals surface area contributed by atoms with E-state index in [0.29, 0.717) is 19.8 Å². The highest BCUT2D eigenvalue weighted by molar-refractivity contribution is 7.12. The molecular formula is C12H33B4F4O8P. The lowest BCUT2D eigenvalue weighted by Gasteiger charge is -1.96. The first kappa shape index (κ1) is 36.5. The van der Waals surface area contributed by atoms with Crippen molar-refractivity contribution >= 4 is 39.0 Å². The second kappa shape index (κ2) is 32.7. The smallest absolute Gasteiger partial charge is 0.398 e. The fourth-order valence-corrected chi connectivity index (χ4v) is 0.975. The van der Waals surface area contributed by atoms with Crippen LogP contribution < -0.4 is 0 Å². The maximum atomic E-state index is 11.4. The first-order valence-corrected chi connectivity index (χ1v) is 9.54. The van der Waals surface area contributed by atoms with Crippen molar-refractivity contribution in [3.05, 3.63) is 0 Å². The predicted octanol–water partition coefficient (Wildman–Crippen LogP) is 1.99. The van der Waals surface area contributed by atoms with Gasteiger partial charge in [-0.3, -0.25) is 17.3 Å². The van der Waals surface area contributed by atoms with Gasteiger partial charge in [-0.25, -0.2) is 0 Å². The third-order valence-electron chi connectivity index (χ3n) is 2.37. The van der Waals surface area contributed by atoms with Crippen molar-refractivity contribution in [3.63, 3.8) is 0 Å². The second-order valence-corrected chi connectivity index (χ2v) is 5.25. The zero-order chi connectivity index (χ0) is 23.5. The summed E-state index contributed by atoms with van der Waals surface area (Å²) in [5.41, 5.74) is 0. The molecule has 174 valence electrons. The van der Waals surface area contributed by atoms with Crippen LogP contribution in [-0.2, 0) is 18.4 Å².